The SMILES string of the molecule is [CH]P([CH])CP([CH])CP([CH])CP([CH])[CH]. The van der Waals surface area contributed by atoms with Crippen LogP contribution in [0.2, 0.25) is 0 Å². The Bertz CT molecular complexity index is 111. The van der Waals surface area contributed by atoms with Gasteiger partial charge in [0.05, 0.1) is 0 Å². The maximum Gasteiger partial charge on any atom is -0.00544 e. The van der Waals surface area contributed by atoms with Gasteiger partial charge in [0.15, 0.2) is 0 Å². The fourth-order valence-corrected chi connectivity index (χ4v) is 8.29. The Hall–Kier alpha value is 1.72. The first kappa shape index (κ1) is 14.7. The van der Waals surface area contributed by atoms with Gasteiger partial charge in [-0.25, -0.2) is 0 Å². The molecule has 0 bridgehead atoms. The highest BCUT2D eigenvalue weighted by atomic mass is 31.2. The van der Waals surface area contributed by atoms with E-state index in [0.29, 0.717) is 11.8 Å². The molecule has 0 heterocycles. The average Bonchev–Trinajstić information content (AvgIpc) is 1.80. The molecule has 0 aromatic carbocycles. The highest BCUT2D eigenvalue weighted by Gasteiger charge is 2.11. The van der Waals surface area contributed by atoms with Crippen LogP contribution in [0.4, 0.5) is 0 Å². The summed E-state index contributed by atoms with van der Waals surface area (Å²) in [4.78, 5) is 0. The van der Waals surface area contributed by atoms with E-state index >= 15 is 0 Å². The Morgan fingerprint density at radius 2 is 0.846 bits per heavy atom. The van der Waals surface area contributed by atoms with Crippen molar-refractivity contribution < 1.29 is 0 Å². The lowest BCUT2D eigenvalue weighted by atomic mass is 11.8. The van der Waals surface area contributed by atoms with Crippen LogP contribution >= 0.6 is 31.7 Å². The summed E-state index contributed by atoms with van der Waals surface area (Å²) in [6, 6.07) is 0. The van der Waals surface area contributed by atoms with E-state index < -0.39 is 31.7 Å². The zero-order valence-electron chi connectivity index (χ0n) is 7.37. The van der Waals surface area contributed by atoms with Crippen molar-refractivity contribution in [2.24, 2.45) is 0 Å². The lowest BCUT2D eigenvalue weighted by Gasteiger charge is -2.20. The van der Waals surface area contributed by atoms with Crippen LogP contribution in [0.5, 0.6) is 0 Å². The van der Waals surface area contributed by atoms with Gasteiger partial charge in [0, 0.05) is 0 Å². The third kappa shape index (κ3) is 10.0. The van der Waals surface area contributed by atoms with E-state index in [2.05, 4.69) is 0 Å². The van der Waals surface area contributed by atoms with Gasteiger partial charge in [0.25, 0.3) is 0 Å². The molecule has 0 fully saturated rings. The first-order valence-corrected chi connectivity index (χ1v) is 10.3. The van der Waals surface area contributed by atoms with Gasteiger partial charge >= 0.3 is 0 Å². The van der Waals surface area contributed by atoms with Crippen LogP contribution in [0.3, 0.4) is 0 Å². The lowest BCUT2D eigenvalue weighted by Crippen LogP contribution is -1.84. The van der Waals surface area contributed by atoms with Crippen LogP contribution in [-0.2, 0) is 0 Å². The maximum absolute atomic E-state index is 5.83. The van der Waals surface area contributed by atoms with Crippen LogP contribution in [0, 0.1) is 40.0 Å². The van der Waals surface area contributed by atoms with Gasteiger partial charge in [-0.1, -0.05) is 31.7 Å². The topological polar surface area (TPSA) is 0 Å². The largest absolute Gasteiger partial charge is 0.0934 e. The molecular formula is C9H12P4. The summed E-state index contributed by atoms with van der Waals surface area (Å²) < 4.78 is 0. The standard InChI is InChI=1S/C9H12P4/c1-10(2)7-12(5)9-13(6)8-11(3)4/h1-6H,7-9H2. The average molecular weight is 244 g/mol. The Labute approximate surface area is 89.7 Å². The third-order valence-corrected chi connectivity index (χ3v) is 9.48. The quantitative estimate of drug-likeness (QED) is 0.589. The first-order valence-electron chi connectivity index (χ1n) is 3.45. The Balaban J connectivity index is 3.58. The lowest BCUT2D eigenvalue weighted by molar-refractivity contribution is 1.92. The van der Waals surface area contributed by atoms with Gasteiger partial charge in [-0.15, -0.1) is 0 Å². The molecule has 12 radical (unpaired) electrons. The monoisotopic (exact) mass is 244 g/mol. The second-order valence-electron chi connectivity index (χ2n) is 2.63. The van der Waals surface area contributed by atoms with Crippen LogP contribution in [0.1, 0.15) is 0 Å². The van der Waals surface area contributed by atoms with Gasteiger partial charge in [-0.05, 0) is 57.7 Å². The second kappa shape index (κ2) is 7.94. The van der Waals surface area contributed by atoms with E-state index in [9.17, 15) is 0 Å². The van der Waals surface area contributed by atoms with Crippen molar-refractivity contribution in [2.75, 3.05) is 17.7 Å². The summed E-state index contributed by atoms with van der Waals surface area (Å²) in [7, 11) is -3.00. The van der Waals surface area contributed by atoms with Crippen molar-refractivity contribution in [1.29, 1.82) is 0 Å². The number of rotatable bonds is 6. The summed E-state index contributed by atoms with van der Waals surface area (Å²) in [6.07, 6.45) is 0. The molecule has 0 aromatic rings. The molecule has 0 N–H and O–H groups in total. The molecule has 0 amide bonds. The highest BCUT2D eigenvalue weighted by molar-refractivity contribution is 7.86. The zero-order chi connectivity index (χ0) is 10.4. The second-order valence-corrected chi connectivity index (χ2v) is 10.4. The van der Waals surface area contributed by atoms with E-state index in [-0.39, 0.29) is 0 Å². The molecule has 0 nitrogen and oxygen atoms in total. The van der Waals surface area contributed by atoms with Crippen LogP contribution in [0.25, 0.3) is 0 Å². The fraction of sp³-hybridized carbons (Fsp3) is 0.333. The molecule has 4 heteroatoms. The summed E-state index contributed by atoms with van der Waals surface area (Å²) in [5, 5.41) is 0. The van der Waals surface area contributed by atoms with Gasteiger partial charge in [-0.3, -0.25) is 0 Å². The molecule has 0 saturated heterocycles. The van der Waals surface area contributed by atoms with Gasteiger partial charge < -0.3 is 0 Å². The van der Waals surface area contributed by atoms with Crippen LogP contribution in [-0.4, -0.2) is 17.7 Å². The molecular weight excluding hydrogens is 232 g/mol. The first-order chi connectivity index (χ1) is 5.91. The molecule has 0 aliphatic heterocycles. The molecule has 0 aliphatic carbocycles. The molecule has 0 rings (SSSR count). The van der Waals surface area contributed by atoms with E-state index in [0.717, 1.165) is 5.90 Å². The van der Waals surface area contributed by atoms with E-state index in [4.69, 9.17) is 40.0 Å². The van der Waals surface area contributed by atoms with Crippen LogP contribution in [0.15, 0.2) is 0 Å². The molecule has 0 aliphatic rings. The highest BCUT2D eigenvalue weighted by Crippen LogP contribution is 2.58. The summed E-state index contributed by atoms with van der Waals surface area (Å²) in [6.45, 7) is 33.5. The molecule has 0 spiro atoms. The smallest absolute Gasteiger partial charge is 0.00544 e. The minimum Gasteiger partial charge on any atom is -0.0934 e. The summed E-state index contributed by atoms with van der Waals surface area (Å²) >= 11 is 0. The predicted molar refractivity (Wildman–Crippen MR) is 68.1 cm³/mol. The van der Waals surface area contributed by atoms with Crippen molar-refractivity contribution in [3.63, 3.8) is 0 Å². The van der Waals surface area contributed by atoms with E-state index in [1.807, 2.05) is 0 Å². The molecule has 2 atom stereocenters. The third-order valence-electron chi connectivity index (χ3n) is 1.05. The Morgan fingerprint density at radius 1 is 0.538 bits per heavy atom. The van der Waals surface area contributed by atoms with Crippen molar-refractivity contribution >= 4 is 31.7 Å². The molecule has 13 heavy (non-hydrogen) atoms. The van der Waals surface area contributed by atoms with Crippen molar-refractivity contribution in [3.05, 3.63) is 40.0 Å². The Morgan fingerprint density at radius 3 is 1.08 bits per heavy atom. The van der Waals surface area contributed by atoms with Crippen molar-refractivity contribution in [1.82, 2.24) is 0 Å². The molecule has 0 saturated carbocycles. The van der Waals surface area contributed by atoms with Crippen molar-refractivity contribution in [3.8, 4) is 0 Å². The Kier molecular flexibility index (Phi) is 8.99. The number of hydrogen-bond acceptors (Lipinski definition) is 0. The zero-order valence-corrected chi connectivity index (χ0v) is 11.0. The maximum atomic E-state index is 5.83. The van der Waals surface area contributed by atoms with Crippen LogP contribution < -0.4 is 0 Å². The molecule has 2 unspecified atom stereocenters. The minimum absolute atomic E-state index is 0.608. The van der Waals surface area contributed by atoms with Gasteiger partial charge in [0.2, 0.25) is 0 Å². The van der Waals surface area contributed by atoms with Gasteiger partial charge in [0.1, 0.15) is 0 Å². The normalized spacial score (nSPS) is 16.6. The molecule has 0 aromatic heterocycles. The fourth-order valence-electron chi connectivity index (χ4n) is 0.742. The van der Waals surface area contributed by atoms with Gasteiger partial charge in [-0.2, -0.15) is 0 Å². The minimum atomic E-state index is -0.889. The van der Waals surface area contributed by atoms with E-state index in [1.165, 1.54) is 0 Å². The number of hydrogen-bond donors (Lipinski definition) is 0. The summed E-state index contributed by atoms with van der Waals surface area (Å²) in [5.41, 5.74) is 0. The van der Waals surface area contributed by atoms with E-state index in [1.54, 1.807) is 0 Å². The predicted octanol–water partition coefficient (Wildman–Crippen LogP) is 4.80. The molecule has 68 valence electrons. The van der Waals surface area contributed by atoms with Crippen molar-refractivity contribution in [2.45, 2.75) is 0 Å². The summed E-state index contributed by atoms with van der Waals surface area (Å²) in [5.74, 6) is 2.24.